The number of halogens is 4. The Kier molecular flexibility index (Phi) is 9.36. The second-order valence-electron chi connectivity index (χ2n) is 5.75. The van der Waals surface area contributed by atoms with E-state index in [-0.39, 0.29) is 36.3 Å². The molecule has 2 rings (SSSR count). The number of hydrogen-bond acceptors (Lipinski definition) is 3. The summed E-state index contributed by atoms with van der Waals surface area (Å²) in [6.45, 7) is 2.97. The summed E-state index contributed by atoms with van der Waals surface area (Å²) in [5.74, 6) is 0.872. The predicted molar refractivity (Wildman–Crippen MR) is 113 cm³/mol. The lowest BCUT2D eigenvalue weighted by Crippen LogP contribution is -2.36. The van der Waals surface area contributed by atoms with E-state index < -0.39 is 11.7 Å². The average Bonchev–Trinajstić information content (AvgIpc) is 2.63. The molecular weight excluding hydrogens is 486 g/mol. The first-order valence-corrected chi connectivity index (χ1v) is 8.37. The van der Waals surface area contributed by atoms with E-state index in [1.165, 1.54) is 13.2 Å². The number of phenols is 1. The first-order chi connectivity index (χ1) is 12.8. The van der Waals surface area contributed by atoms with E-state index in [0.29, 0.717) is 30.4 Å². The Labute approximate surface area is 179 Å². The van der Waals surface area contributed by atoms with Gasteiger partial charge in [0.1, 0.15) is 0 Å². The van der Waals surface area contributed by atoms with Crippen LogP contribution in [0.1, 0.15) is 23.6 Å². The van der Waals surface area contributed by atoms with Crippen LogP contribution >= 0.6 is 24.0 Å². The van der Waals surface area contributed by atoms with Crippen LogP contribution in [0.25, 0.3) is 0 Å². The minimum absolute atomic E-state index is 0. The first kappa shape index (κ1) is 23.9. The Morgan fingerprint density at radius 2 is 1.86 bits per heavy atom. The van der Waals surface area contributed by atoms with Gasteiger partial charge in [0.05, 0.1) is 19.2 Å². The van der Waals surface area contributed by atoms with Crippen molar-refractivity contribution in [2.24, 2.45) is 4.99 Å². The summed E-state index contributed by atoms with van der Waals surface area (Å²) in [4.78, 5) is 4.32. The first-order valence-electron chi connectivity index (χ1n) is 8.37. The van der Waals surface area contributed by atoms with Gasteiger partial charge in [-0.15, -0.1) is 24.0 Å². The molecule has 0 aliphatic heterocycles. The van der Waals surface area contributed by atoms with E-state index in [9.17, 15) is 18.3 Å². The summed E-state index contributed by atoms with van der Waals surface area (Å²) in [5.41, 5.74) is 0.573. The van der Waals surface area contributed by atoms with Crippen LogP contribution in [0.5, 0.6) is 11.5 Å². The molecule has 0 aliphatic carbocycles. The van der Waals surface area contributed by atoms with E-state index in [2.05, 4.69) is 15.6 Å². The maximum Gasteiger partial charge on any atom is 0.416 e. The van der Waals surface area contributed by atoms with Crippen molar-refractivity contribution in [3.63, 3.8) is 0 Å². The van der Waals surface area contributed by atoms with Gasteiger partial charge in [-0.25, -0.2) is 4.99 Å². The third kappa shape index (κ3) is 7.10. The smallest absolute Gasteiger partial charge is 0.416 e. The van der Waals surface area contributed by atoms with E-state index in [1.54, 1.807) is 24.3 Å². The minimum atomic E-state index is -4.38. The van der Waals surface area contributed by atoms with E-state index in [4.69, 9.17) is 4.74 Å². The highest BCUT2D eigenvalue weighted by molar-refractivity contribution is 14.0. The number of ether oxygens (including phenoxy) is 1. The third-order valence-electron chi connectivity index (χ3n) is 3.72. The third-order valence-corrected chi connectivity index (χ3v) is 3.72. The largest absolute Gasteiger partial charge is 0.504 e. The van der Waals surface area contributed by atoms with Gasteiger partial charge in [-0.3, -0.25) is 0 Å². The molecule has 0 fully saturated rings. The van der Waals surface area contributed by atoms with Gasteiger partial charge in [0.25, 0.3) is 0 Å². The van der Waals surface area contributed by atoms with Gasteiger partial charge < -0.3 is 20.5 Å². The van der Waals surface area contributed by atoms with Crippen LogP contribution in [-0.2, 0) is 19.3 Å². The lowest BCUT2D eigenvalue weighted by Gasteiger charge is -2.13. The number of benzene rings is 2. The number of aromatic hydroxyl groups is 1. The quantitative estimate of drug-likeness (QED) is 0.309. The molecule has 0 aliphatic rings. The molecule has 0 atom stereocenters. The summed E-state index contributed by atoms with van der Waals surface area (Å²) in [5, 5.41) is 15.9. The maximum absolute atomic E-state index is 12.8. The van der Waals surface area contributed by atoms with Crippen LogP contribution in [0.15, 0.2) is 47.5 Å². The highest BCUT2D eigenvalue weighted by Crippen LogP contribution is 2.29. The van der Waals surface area contributed by atoms with Crippen LogP contribution in [0.3, 0.4) is 0 Å². The molecule has 2 aromatic rings. The summed E-state index contributed by atoms with van der Waals surface area (Å²) in [6, 6.07) is 10.1. The van der Waals surface area contributed by atoms with Crippen molar-refractivity contribution >= 4 is 29.9 Å². The summed E-state index contributed by atoms with van der Waals surface area (Å²) < 4.78 is 43.4. The average molecular weight is 509 g/mol. The summed E-state index contributed by atoms with van der Waals surface area (Å²) in [7, 11) is 1.47. The van der Waals surface area contributed by atoms with Gasteiger partial charge in [0, 0.05) is 13.1 Å². The molecule has 3 N–H and O–H groups in total. The number of nitrogens with zero attached hydrogens (tertiary/aromatic N) is 1. The number of nitrogens with one attached hydrogen (secondary N) is 2. The maximum atomic E-state index is 12.8. The monoisotopic (exact) mass is 509 g/mol. The zero-order chi connectivity index (χ0) is 19.9. The van der Waals surface area contributed by atoms with Crippen LogP contribution in [0.4, 0.5) is 13.2 Å². The molecule has 0 saturated carbocycles. The van der Waals surface area contributed by atoms with Crippen LogP contribution in [0.2, 0.25) is 0 Å². The van der Waals surface area contributed by atoms with E-state index >= 15 is 0 Å². The number of guanidine groups is 1. The van der Waals surface area contributed by atoms with Gasteiger partial charge in [-0.05, 0) is 42.3 Å². The van der Waals surface area contributed by atoms with E-state index in [1.807, 2.05) is 6.92 Å². The number of phenolic OH excluding ortho intramolecular Hbond substituents is 1. The van der Waals surface area contributed by atoms with Crippen molar-refractivity contribution in [3.8, 4) is 11.5 Å². The zero-order valence-corrected chi connectivity index (χ0v) is 17.8. The van der Waals surface area contributed by atoms with E-state index in [0.717, 1.165) is 17.7 Å². The van der Waals surface area contributed by atoms with Crippen molar-refractivity contribution in [2.45, 2.75) is 26.2 Å². The van der Waals surface area contributed by atoms with Gasteiger partial charge in [-0.2, -0.15) is 13.2 Å². The minimum Gasteiger partial charge on any atom is -0.504 e. The molecule has 9 heteroatoms. The molecule has 0 aromatic heterocycles. The number of aliphatic imine (C=N–C) groups is 1. The molecular formula is C19H23F3IN3O2. The topological polar surface area (TPSA) is 65.9 Å². The second kappa shape index (κ2) is 11.0. The lowest BCUT2D eigenvalue weighted by molar-refractivity contribution is -0.137. The fourth-order valence-corrected chi connectivity index (χ4v) is 2.39. The number of alkyl halides is 3. The Morgan fingerprint density at radius 1 is 1.11 bits per heavy atom. The van der Waals surface area contributed by atoms with Crippen molar-refractivity contribution in [3.05, 3.63) is 59.2 Å². The predicted octanol–water partition coefficient (Wildman–Crippen LogP) is 4.29. The highest BCUT2D eigenvalue weighted by atomic mass is 127. The fraction of sp³-hybridized carbons (Fsp3) is 0.316. The number of methoxy groups -OCH3 is 1. The molecule has 0 spiro atoms. The lowest BCUT2D eigenvalue weighted by atomic mass is 10.1. The molecule has 0 heterocycles. The van der Waals surface area contributed by atoms with Crippen molar-refractivity contribution in [2.75, 3.05) is 13.7 Å². The van der Waals surface area contributed by atoms with Gasteiger partial charge in [-0.1, -0.05) is 18.2 Å². The second-order valence-corrected chi connectivity index (χ2v) is 5.75. The summed E-state index contributed by atoms with van der Waals surface area (Å²) in [6.07, 6.45) is -4.38. The Morgan fingerprint density at radius 3 is 2.46 bits per heavy atom. The number of rotatable bonds is 6. The van der Waals surface area contributed by atoms with Crippen molar-refractivity contribution < 1.29 is 23.0 Å². The molecule has 2 aromatic carbocycles. The van der Waals surface area contributed by atoms with Crippen molar-refractivity contribution in [1.82, 2.24) is 10.6 Å². The van der Waals surface area contributed by atoms with Crippen LogP contribution in [-0.4, -0.2) is 24.7 Å². The zero-order valence-electron chi connectivity index (χ0n) is 15.5. The number of hydrogen-bond donors (Lipinski definition) is 3. The van der Waals surface area contributed by atoms with Gasteiger partial charge >= 0.3 is 6.18 Å². The SMILES string of the molecule is CCNC(=NCc1cccc(C(F)(F)F)c1)NCc1ccc(OC)c(O)c1.I. The van der Waals surface area contributed by atoms with Crippen LogP contribution in [0, 0.1) is 0 Å². The van der Waals surface area contributed by atoms with Crippen LogP contribution < -0.4 is 15.4 Å². The molecule has 154 valence electrons. The molecule has 28 heavy (non-hydrogen) atoms. The van der Waals surface area contributed by atoms with Crippen molar-refractivity contribution in [1.29, 1.82) is 0 Å². The Balaban J connectivity index is 0.00000392. The standard InChI is InChI=1S/C19H22F3N3O2.HI/c1-3-23-18(25-12-14-7-8-17(27-2)16(26)10-14)24-11-13-5-4-6-15(9-13)19(20,21)22;/h4-10,26H,3,11-12H2,1-2H3,(H2,23,24,25);1H. The molecule has 0 radical (unpaired) electrons. The molecule has 0 amide bonds. The Bertz CT molecular complexity index is 798. The Hall–Kier alpha value is -2.17. The molecule has 0 saturated heterocycles. The molecule has 5 nitrogen and oxygen atoms in total. The van der Waals surface area contributed by atoms with Gasteiger partial charge in [0.15, 0.2) is 17.5 Å². The molecule has 0 unspecified atom stereocenters. The highest BCUT2D eigenvalue weighted by Gasteiger charge is 2.30. The normalized spacial score (nSPS) is 11.5. The summed E-state index contributed by atoms with van der Waals surface area (Å²) >= 11 is 0. The fourth-order valence-electron chi connectivity index (χ4n) is 2.39. The molecule has 0 bridgehead atoms. The van der Waals surface area contributed by atoms with Gasteiger partial charge in [0.2, 0.25) is 0 Å².